The Morgan fingerprint density at radius 3 is 2.66 bits per heavy atom. The average molecular weight is 519 g/mol. The number of rotatable bonds is 8. The molecular weight excluding hydrogens is 495 g/mol. The number of fused-ring (bicyclic) bond motifs is 1. The van der Waals surface area contributed by atoms with E-state index in [-0.39, 0.29) is 6.61 Å². The van der Waals surface area contributed by atoms with Crippen LogP contribution in [0.15, 0.2) is 52.8 Å². The van der Waals surface area contributed by atoms with Gasteiger partial charge in [0.25, 0.3) is 0 Å². The summed E-state index contributed by atoms with van der Waals surface area (Å²) >= 11 is 7.51. The molecule has 0 fully saturated rings. The molecule has 2 heterocycles. The van der Waals surface area contributed by atoms with Gasteiger partial charge in [-0.25, -0.2) is 13.9 Å². The van der Waals surface area contributed by atoms with Gasteiger partial charge in [0.15, 0.2) is 11.5 Å². The summed E-state index contributed by atoms with van der Waals surface area (Å²) in [5.41, 5.74) is 2.53. The third-order valence-electron chi connectivity index (χ3n) is 5.42. The van der Waals surface area contributed by atoms with Crippen LogP contribution in [0.2, 0.25) is 5.02 Å². The number of anilines is 1. The second-order valence-corrected chi connectivity index (χ2v) is 8.94. The Balaban J connectivity index is 1.73. The third kappa shape index (κ3) is 5.08. The minimum absolute atomic E-state index is 0.234. The number of aromatic nitrogens is 3. The third-order valence-corrected chi connectivity index (χ3v) is 6.66. The molecule has 35 heavy (non-hydrogen) atoms. The van der Waals surface area contributed by atoms with Crippen LogP contribution in [0.3, 0.4) is 0 Å². The molecule has 8 nitrogen and oxygen atoms in total. The van der Waals surface area contributed by atoms with Crippen molar-refractivity contribution in [2.75, 3.05) is 26.1 Å². The molecule has 1 N–H and O–H groups in total. The van der Waals surface area contributed by atoms with E-state index in [1.165, 1.54) is 23.9 Å². The van der Waals surface area contributed by atoms with Gasteiger partial charge >= 0.3 is 5.97 Å². The minimum Gasteiger partial charge on any atom is -0.493 e. The van der Waals surface area contributed by atoms with Crippen molar-refractivity contribution in [2.45, 2.75) is 30.8 Å². The Morgan fingerprint density at radius 2 is 1.97 bits per heavy atom. The Labute approximate surface area is 211 Å². The van der Waals surface area contributed by atoms with Crippen molar-refractivity contribution >= 4 is 35.3 Å². The first-order valence-corrected chi connectivity index (χ1v) is 12.1. The summed E-state index contributed by atoms with van der Waals surface area (Å²) < 4.78 is 31.2. The summed E-state index contributed by atoms with van der Waals surface area (Å²) in [5.74, 6) is 1.16. The molecule has 11 heteroatoms. The van der Waals surface area contributed by atoms with Crippen LogP contribution in [-0.4, -0.2) is 41.6 Å². The maximum atomic E-state index is 13.4. The van der Waals surface area contributed by atoms with E-state index in [2.05, 4.69) is 15.4 Å². The lowest BCUT2D eigenvalue weighted by Crippen LogP contribution is -2.29. The van der Waals surface area contributed by atoms with Gasteiger partial charge in [0, 0.05) is 16.5 Å². The van der Waals surface area contributed by atoms with Crippen molar-refractivity contribution in [3.8, 4) is 11.5 Å². The quantitative estimate of drug-likeness (QED) is 0.320. The topological polar surface area (TPSA) is 87.5 Å². The van der Waals surface area contributed by atoms with Crippen molar-refractivity contribution in [3.05, 3.63) is 69.6 Å². The average Bonchev–Trinajstić information content (AvgIpc) is 3.24. The smallest absolute Gasteiger partial charge is 0.338 e. The van der Waals surface area contributed by atoms with Crippen molar-refractivity contribution in [1.29, 1.82) is 0 Å². The molecule has 0 amide bonds. The van der Waals surface area contributed by atoms with Crippen LogP contribution in [0.1, 0.15) is 31.0 Å². The van der Waals surface area contributed by atoms with Crippen LogP contribution in [0.25, 0.3) is 0 Å². The zero-order valence-electron chi connectivity index (χ0n) is 19.6. The largest absolute Gasteiger partial charge is 0.493 e. The molecular formula is C24H24ClFN4O4S. The molecule has 0 saturated carbocycles. The van der Waals surface area contributed by atoms with Gasteiger partial charge in [-0.3, -0.25) is 0 Å². The van der Waals surface area contributed by atoms with Crippen LogP contribution >= 0.6 is 23.4 Å². The highest BCUT2D eigenvalue weighted by Crippen LogP contribution is 2.40. The predicted molar refractivity (Wildman–Crippen MR) is 132 cm³/mol. The Kier molecular flexibility index (Phi) is 7.51. The van der Waals surface area contributed by atoms with E-state index < -0.39 is 17.8 Å². The molecule has 1 atom stereocenters. The molecule has 0 spiro atoms. The summed E-state index contributed by atoms with van der Waals surface area (Å²) in [6, 6.07) is 9.09. The fourth-order valence-electron chi connectivity index (χ4n) is 3.78. The van der Waals surface area contributed by atoms with E-state index >= 15 is 0 Å². The maximum Gasteiger partial charge on any atom is 0.338 e. The number of allylic oxidation sites excluding steroid dienone is 1. The number of halogens is 2. The number of benzene rings is 2. The highest BCUT2D eigenvalue weighted by molar-refractivity contribution is 7.98. The van der Waals surface area contributed by atoms with Gasteiger partial charge in [-0.15, -0.1) is 5.10 Å². The van der Waals surface area contributed by atoms with Gasteiger partial charge in [-0.2, -0.15) is 4.98 Å². The Bertz CT molecular complexity index is 1300. The van der Waals surface area contributed by atoms with E-state index in [0.717, 1.165) is 11.1 Å². The maximum absolute atomic E-state index is 13.4. The Hall–Kier alpha value is -3.24. The molecule has 0 unspecified atom stereocenters. The van der Waals surface area contributed by atoms with E-state index in [1.54, 1.807) is 50.9 Å². The number of thioether (sulfide) groups is 1. The number of nitrogens with zero attached hydrogens (tertiary/aromatic N) is 3. The number of ether oxygens (including phenoxy) is 3. The van der Waals surface area contributed by atoms with Crippen LogP contribution in [0.5, 0.6) is 11.5 Å². The lowest BCUT2D eigenvalue weighted by atomic mass is 9.95. The van der Waals surface area contributed by atoms with E-state index in [1.807, 2.05) is 6.07 Å². The first kappa shape index (κ1) is 24.9. The molecule has 3 aromatic rings. The normalized spacial score (nSPS) is 14.9. The zero-order chi connectivity index (χ0) is 25.1. The van der Waals surface area contributed by atoms with Crippen molar-refractivity contribution < 1.29 is 23.4 Å². The standard InChI is InChI=1S/C24H24ClFN4O4S/c1-5-34-22(31)20-13(2)27-23-28-24(35-12-15-6-8-16(26)11-17(15)25)29-30(23)21(20)14-7-9-18(32-3)19(10-14)33-4/h6-11,21H,5,12H2,1-4H3,(H,27,28,29)/t21-/m0/s1. The van der Waals surface area contributed by atoms with Gasteiger partial charge in [0.2, 0.25) is 11.1 Å². The van der Waals surface area contributed by atoms with Gasteiger partial charge in [-0.05, 0) is 49.2 Å². The first-order valence-electron chi connectivity index (χ1n) is 10.8. The first-order chi connectivity index (χ1) is 16.9. The highest BCUT2D eigenvalue weighted by Gasteiger charge is 2.35. The molecule has 0 aliphatic carbocycles. The number of methoxy groups -OCH3 is 2. The number of hydrogen-bond donors (Lipinski definition) is 1. The molecule has 184 valence electrons. The van der Waals surface area contributed by atoms with Gasteiger partial charge in [0.1, 0.15) is 11.9 Å². The number of carbonyl (C=O) groups is 1. The predicted octanol–water partition coefficient (Wildman–Crippen LogP) is 5.23. The van der Waals surface area contributed by atoms with E-state index in [0.29, 0.717) is 44.6 Å². The summed E-state index contributed by atoms with van der Waals surface area (Å²) in [6.45, 7) is 3.78. The lowest BCUT2D eigenvalue weighted by molar-refractivity contribution is -0.139. The SMILES string of the molecule is CCOC(=O)C1=C(C)Nc2nc(SCc3ccc(F)cc3Cl)nn2[C@H]1c1ccc(OC)c(OC)c1. The van der Waals surface area contributed by atoms with Crippen molar-refractivity contribution in [1.82, 2.24) is 14.8 Å². The molecule has 0 saturated heterocycles. The minimum atomic E-state index is -0.610. The molecule has 4 rings (SSSR count). The second kappa shape index (κ2) is 10.6. The van der Waals surface area contributed by atoms with E-state index in [9.17, 15) is 9.18 Å². The van der Waals surface area contributed by atoms with Crippen molar-refractivity contribution in [2.24, 2.45) is 0 Å². The molecule has 0 bridgehead atoms. The van der Waals surface area contributed by atoms with Gasteiger partial charge < -0.3 is 19.5 Å². The fraction of sp³-hybridized carbons (Fsp3) is 0.292. The van der Waals surface area contributed by atoms with Crippen LogP contribution < -0.4 is 14.8 Å². The van der Waals surface area contributed by atoms with Crippen LogP contribution in [0.4, 0.5) is 10.3 Å². The lowest BCUT2D eigenvalue weighted by Gasteiger charge is -2.28. The highest BCUT2D eigenvalue weighted by atomic mass is 35.5. The Morgan fingerprint density at radius 1 is 1.20 bits per heavy atom. The number of carbonyl (C=O) groups excluding carboxylic acids is 1. The number of nitrogens with one attached hydrogen (secondary N) is 1. The summed E-state index contributed by atoms with van der Waals surface area (Å²) in [5, 5.41) is 8.64. The molecule has 2 aromatic carbocycles. The fourth-order valence-corrected chi connectivity index (χ4v) is 4.92. The monoisotopic (exact) mass is 518 g/mol. The van der Waals surface area contributed by atoms with Gasteiger partial charge in [0.05, 0.1) is 26.4 Å². The summed E-state index contributed by atoms with van der Waals surface area (Å²) in [7, 11) is 3.11. The second-order valence-electron chi connectivity index (χ2n) is 7.59. The summed E-state index contributed by atoms with van der Waals surface area (Å²) in [6.07, 6.45) is 0. The van der Waals surface area contributed by atoms with Crippen molar-refractivity contribution in [3.63, 3.8) is 0 Å². The number of esters is 1. The summed E-state index contributed by atoms with van der Waals surface area (Å²) in [4.78, 5) is 17.6. The molecule has 1 aromatic heterocycles. The van der Waals surface area contributed by atoms with Crippen LogP contribution in [-0.2, 0) is 15.3 Å². The van der Waals surface area contributed by atoms with E-state index in [4.69, 9.17) is 25.8 Å². The number of hydrogen-bond acceptors (Lipinski definition) is 8. The molecule has 1 aliphatic heterocycles. The van der Waals surface area contributed by atoms with Crippen LogP contribution in [0, 0.1) is 5.82 Å². The van der Waals surface area contributed by atoms with Gasteiger partial charge in [-0.1, -0.05) is 35.5 Å². The zero-order valence-corrected chi connectivity index (χ0v) is 21.2. The molecule has 0 radical (unpaired) electrons. The molecule has 1 aliphatic rings.